The fraction of sp³-hybridized carbons (Fsp3) is 0.385. The molecule has 0 spiro atoms. The van der Waals surface area contributed by atoms with Crippen LogP contribution in [0.2, 0.25) is 5.02 Å². The van der Waals surface area contributed by atoms with Gasteiger partial charge in [0, 0.05) is 23.7 Å². The second-order valence-corrected chi connectivity index (χ2v) is 5.12. The molecule has 4 N–H and O–H groups in total. The van der Waals surface area contributed by atoms with E-state index in [9.17, 15) is 19.8 Å². The lowest BCUT2D eigenvalue weighted by Gasteiger charge is -2.40. The van der Waals surface area contributed by atoms with Crippen LogP contribution in [0.1, 0.15) is 10.4 Å². The number of carboxylic acid groups (broad SMARTS) is 1. The maximum Gasteiger partial charge on any atom is 0.323 e. The van der Waals surface area contributed by atoms with E-state index >= 15 is 0 Å². The van der Waals surface area contributed by atoms with Crippen molar-refractivity contribution in [3.63, 3.8) is 0 Å². The number of aliphatic hydroxyl groups excluding tert-OH is 1. The summed E-state index contributed by atoms with van der Waals surface area (Å²) >= 11 is 5.75. The summed E-state index contributed by atoms with van der Waals surface area (Å²) in [6.45, 7) is 0.424. The molecule has 0 bridgehead atoms. The molecular formula is C13H15ClN2O5. The van der Waals surface area contributed by atoms with Gasteiger partial charge in [-0.05, 0) is 24.3 Å². The summed E-state index contributed by atoms with van der Waals surface area (Å²) in [6.07, 6.45) is -1.96. The van der Waals surface area contributed by atoms with Gasteiger partial charge in [0.25, 0.3) is 5.91 Å². The van der Waals surface area contributed by atoms with Gasteiger partial charge in [-0.15, -0.1) is 0 Å². The number of hydrogen-bond acceptors (Lipinski definition) is 5. The maximum absolute atomic E-state index is 12.4. The third-order valence-corrected chi connectivity index (χ3v) is 3.59. The van der Waals surface area contributed by atoms with Crippen molar-refractivity contribution < 1.29 is 24.9 Å². The average molecular weight is 315 g/mol. The number of aliphatic hydroxyl groups is 2. The molecular weight excluding hydrogens is 300 g/mol. The first-order chi connectivity index (χ1) is 9.91. The molecule has 1 aliphatic rings. The number of hydrogen-bond donors (Lipinski definition) is 4. The van der Waals surface area contributed by atoms with Crippen molar-refractivity contribution >= 4 is 23.5 Å². The third kappa shape index (κ3) is 3.33. The number of aliphatic carboxylic acids is 1. The molecule has 21 heavy (non-hydrogen) atoms. The summed E-state index contributed by atoms with van der Waals surface area (Å²) in [5, 5.41) is 31.1. The molecule has 114 valence electrons. The zero-order valence-corrected chi connectivity index (χ0v) is 11.7. The van der Waals surface area contributed by atoms with Gasteiger partial charge in [0.2, 0.25) is 0 Å². The first kappa shape index (κ1) is 15.7. The number of nitrogens with zero attached hydrogens (tertiary/aromatic N) is 1. The second kappa shape index (κ2) is 6.40. The number of carbonyl (C=O) groups excluding carboxylic acids is 1. The van der Waals surface area contributed by atoms with Gasteiger partial charge in [0.05, 0.1) is 0 Å². The fourth-order valence-electron chi connectivity index (χ4n) is 2.35. The van der Waals surface area contributed by atoms with Crippen LogP contribution in [0.4, 0.5) is 0 Å². The zero-order valence-electron chi connectivity index (χ0n) is 10.9. The Labute approximate surface area is 125 Å². The van der Waals surface area contributed by atoms with Gasteiger partial charge >= 0.3 is 5.97 Å². The lowest BCUT2D eigenvalue weighted by molar-refractivity contribution is -0.152. The van der Waals surface area contributed by atoms with Crippen molar-refractivity contribution in [1.29, 1.82) is 0 Å². The Morgan fingerprint density at radius 2 is 1.90 bits per heavy atom. The van der Waals surface area contributed by atoms with Crippen molar-refractivity contribution in [2.45, 2.75) is 18.4 Å². The molecule has 2 unspecified atom stereocenters. The molecule has 0 aromatic heterocycles. The van der Waals surface area contributed by atoms with Gasteiger partial charge in [-0.25, -0.2) is 0 Å². The Kier molecular flexibility index (Phi) is 4.79. The summed E-state index contributed by atoms with van der Waals surface area (Å²) in [7, 11) is 0. The van der Waals surface area contributed by atoms with Gasteiger partial charge in [-0.2, -0.15) is 0 Å². The summed E-state index contributed by atoms with van der Waals surface area (Å²) < 4.78 is 0. The van der Waals surface area contributed by atoms with E-state index < -0.39 is 30.3 Å². The molecule has 0 saturated carbocycles. The Morgan fingerprint density at radius 3 is 2.43 bits per heavy atom. The predicted octanol–water partition coefficient (Wildman–Crippen LogP) is -0.482. The molecule has 1 amide bonds. The average Bonchev–Trinajstić information content (AvgIpc) is 2.46. The van der Waals surface area contributed by atoms with Gasteiger partial charge in [-0.1, -0.05) is 11.6 Å². The Balaban J connectivity index is 2.28. The quantitative estimate of drug-likeness (QED) is 0.561. The van der Waals surface area contributed by atoms with Crippen molar-refractivity contribution in [3.8, 4) is 0 Å². The van der Waals surface area contributed by atoms with E-state index in [-0.39, 0.29) is 13.1 Å². The van der Waals surface area contributed by atoms with Gasteiger partial charge in [-0.3, -0.25) is 9.59 Å². The molecule has 1 aliphatic heterocycles. The van der Waals surface area contributed by atoms with Crippen LogP contribution >= 0.6 is 11.6 Å². The highest BCUT2D eigenvalue weighted by molar-refractivity contribution is 6.30. The Hall–Kier alpha value is -1.67. The van der Waals surface area contributed by atoms with Crippen LogP contribution in [-0.2, 0) is 4.79 Å². The highest BCUT2D eigenvalue weighted by Gasteiger charge is 2.42. The SMILES string of the molecule is O=C(O)C1NCCN(C(=O)c2ccc(Cl)cc2)C1C(O)O. The molecule has 1 aromatic carbocycles. The van der Waals surface area contributed by atoms with Crippen LogP contribution in [-0.4, -0.2) is 63.6 Å². The largest absolute Gasteiger partial charge is 0.480 e. The molecule has 1 heterocycles. The highest BCUT2D eigenvalue weighted by atomic mass is 35.5. The Bertz CT molecular complexity index is 534. The minimum absolute atomic E-state index is 0.174. The summed E-state index contributed by atoms with van der Waals surface area (Å²) in [5.41, 5.74) is 0.302. The number of halogens is 1. The molecule has 1 fully saturated rings. The van der Waals surface area contributed by atoms with E-state index in [2.05, 4.69) is 5.32 Å². The van der Waals surface area contributed by atoms with E-state index in [0.717, 1.165) is 4.90 Å². The fourth-order valence-corrected chi connectivity index (χ4v) is 2.48. The lowest BCUT2D eigenvalue weighted by Crippen LogP contribution is -2.66. The van der Waals surface area contributed by atoms with E-state index in [0.29, 0.717) is 10.6 Å². The number of nitrogens with one attached hydrogen (secondary N) is 1. The van der Waals surface area contributed by atoms with Crippen molar-refractivity contribution in [3.05, 3.63) is 34.9 Å². The second-order valence-electron chi connectivity index (χ2n) is 4.68. The predicted molar refractivity (Wildman–Crippen MR) is 73.9 cm³/mol. The minimum Gasteiger partial charge on any atom is -0.480 e. The molecule has 2 rings (SSSR count). The Morgan fingerprint density at radius 1 is 1.29 bits per heavy atom. The maximum atomic E-state index is 12.4. The van der Waals surface area contributed by atoms with E-state index in [1.54, 1.807) is 0 Å². The first-order valence-corrected chi connectivity index (χ1v) is 6.68. The molecule has 2 atom stereocenters. The topological polar surface area (TPSA) is 110 Å². The van der Waals surface area contributed by atoms with Gasteiger partial charge in [0.1, 0.15) is 12.1 Å². The van der Waals surface area contributed by atoms with E-state index in [1.165, 1.54) is 24.3 Å². The van der Waals surface area contributed by atoms with E-state index in [1.807, 2.05) is 0 Å². The molecule has 0 radical (unpaired) electrons. The number of amides is 1. The van der Waals surface area contributed by atoms with Gasteiger partial charge in [0.15, 0.2) is 6.29 Å². The molecule has 7 nitrogen and oxygen atoms in total. The van der Waals surface area contributed by atoms with E-state index in [4.69, 9.17) is 16.7 Å². The molecule has 1 saturated heterocycles. The summed E-state index contributed by atoms with van der Waals surface area (Å²) in [5.74, 6) is -1.72. The van der Waals surface area contributed by atoms with Crippen molar-refractivity contribution in [1.82, 2.24) is 10.2 Å². The number of carboxylic acids is 1. The monoisotopic (exact) mass is 314 g/mol. The first-order valence-electron chi connectivity index (χ1n) is 6.30. The normalized spacial score (nSPS) is 22.4. The standard InChI is InChI=1S/C13H15ClN2O5/c14-8-3-1-7(2-4-8)11(17)16-6-5-15-9(12(18)19)10(16)13(20)21/h1-4,9-10,13,15,20-21H,5-6H2,(H,18,19). The smallest absolute Gasteiger partial charge is 0.323 e. The van der Waals surface area contributed by atoms with Crippen LogP contribution in [0, 0.1) is 0 Å². The summed E-state index contributed by atoms with van der Waals surface area (Å²) in [6, 6.07) is 3.58. The minimum atomic E-state index is -1.96. The number of carbonyl (C=O) groups is 2. The molecule has 1 aromatic rings. The van der Waals surface area contributed by atoms with Crippen molar-refractivity contribution in [2.24, 2.45) is 0 Å². The number of rotatable bonds is 3. The van der Waals surface area contributed by atoms with Crippen LogP contribution in [0.5, 0.6) is 0 Å². The highest BCUT2D eigenvalue weighted by Crippen LogP contribution is 2.18. The number of piperazine rings is 1. The number of benzene rings is 1. The lowest BCUT2D eigenvalue weighted by atomic mass is 10.0. The third-order valence-electron chi connectivity index (χ3n) is 3.34. The summed E-state index contributed by atoms with van der Waals surface area (Å²) in [4.78, 5) is 24.8. The molecule has 8 heteroatoms. The molecule has 0 aliphatic carbocycles. The zero-order chi connectivity index (χ0) is 15.6. The van der Waals surface area contributed by atoms with Crippen LogP contribution < -0.4 is 5.32 Å². The van der Waals surface area contributed by atoms with Crippen LogP contribution in [0.15, 0.2) is 24.3 Å². The van der Waals surface area contributed by atoms with Gasteiger partial charge < -0.3 is 25.5 Å². The van der Waals surface area contributed by atoms with Crippen LogP contribution in [0.25, 0.3) is 0 Å². The van der Waals surface area contributed by atoms with Crippen LogP contribution in [0.3, 0.4) is 0 Å². The van der Waals surface area contributed by atoms with Crippen molar-refractivity contribution in [2.75, 3.05) is 13.1 Å².